The smallest absolute Gasteiger partial charge is 0.317 e. The third kappa shape index (κ3) is 7.18. The maximum absolute atomic E-state index is 12.5. The highest BCUT2D eigenvalue weighted by molar-refractivity contribution is 5.78. The van der Waals surface area contributed by atoms with E-state index in [1.807, 2.05) is 23.9 Å². The number of likely N-dealkylation sites (tertiary alicyclic amines) is 1. The predicted octanol–water partition coefficient (Wildman–Crippen LogP) is 1.75. The van der Waals surface area contributed by atoms with Gasteiger partial charge in [-0.05, 0) is 52.1 Å². The Kier molecular flexibility index (Phi) is 8.70. The van der Waals surface area contributed by atoms with Crippen LogP contribution in [0.25, 0.3) is 0 Å². The maximum Gasteiger partial charge on any atom is 0.317 e. The Hall–Kier alpha value is -1.14. The Balaban J connectivity index is 2.46. The molecule has 0 saturated carbocycles. The monoisotopic (exact) mass is 341 g/mol. The molecule has 1 aliphatic rings. The molecule has 2 unspecified atom stereocenters. The van der Waals surface area contributed by atoms with Crippen molar-refractivity contribution in [1.82, 2.24) is 14.7 Å². The largest absolute Gasteiger partial charge is 0.480 e. The molecular weight excluding hydrogens is 306 g/mol. The minimum atomic E-state index is -0.783. The molecule has 0 aliphatic carbocycles. The number of carbonyl (C=O) groups excluding carboxylic acids is 1. The van der Waals surface area contributed by atoms with Crippen molar-refractivity contribution in [3.05, 3.63) is 0 Å². The first-order valence-corrected chi connectivity index (χ1v) is 9.10. The van der Waals surface area contributed by atoms with Crippen LogP contribution in [0.1, 0.15) is 46.5 Å². The topological polar surface area (TPSA) is 64.1 Å². The van der Waals surface area contributed by atoms with Crippen LogP contribution in [0.15, 0.2) is 0 Å². The van der Waals surface area contributed by atoms with E-state index in [4.69, 9.17) is 5.11 Å². The zero-order chi connectivity index (χ0) is 18.3. The lowest BCUT2D eigenvalue weighted by Gasteiger charge is -2.29. The number of carboxylic acids is 1. The van der Waals surface area contributed by atoms with Gasteiger partial charge in [0.25, 0.3) is 0 Å². The number of rotatable bonds is 8. The van der Waals surface area contributed by atoms with Crippen molar-refractivity contribution >= 4 is 11.9 Å². The van der Waals surface area contributed by atoms with E-state index >= 15 is 0 Å². The van der Waals surface area contributed by atoms with E-state index < -0.39 is 5.97 Å². The van der Waals surface area contributed by atoms with Crippen molar-refractivity contribution < 1.29 is 14.7 Å². The molecule has 0 radical (unpaired) electrons. The average molecular weight is 341 g/mol. The molecule has 1 fully saturated rings. The van der Waals surface area contributed by atoms with Crippen LogP contribution in [0.5, 0.6) is 0 Å². The van der Waals surface area contributed by atoms with Gasteiger partial charge in [0.2, 0.25) is 5.91 Å². The number of hydrogen-bond donors (Lipinski definition) is 1. The second kappa shape index (κ2) is 9.99. The lowest BCUT2D eigenvalue weighted by atomic mass is 10.0. The van der Waals surface area contributed by atoms with E-state index in [1.54, 1.807) is 0 Å². The normalized spacial score (nSPS) is 20.9. The zero-order valence-corrected chi connectivity index (χ0v) is 16.0. The number of carboxylic acid groups (broad SMARTS) is 1. The molecule has 1 saturated heterocycles. The van der Waals surface area contributed by atoms with Gasteiger partial charge in [0.15, 0.2) is 0 Å². The summed E-state index contributed by atoms with van der Waals surface area (Å²) in [5.41, 5.74) is 0. The number of amides is 1. The van der Waals surface area contributed by atoms with Crippen molar-refractivity contribution in [2.75, 3.05) is 40.3 Å². The lowest BCUT2D eigenvalue weighted by molar-refractivity contribution is -0.138. The molecule has 0 bridgehead atoms. The molecule has 0 aromatic carbocycles. The SMILES string of the molecule is CC(C)CC(C)N(C)C(=O)CN1CCCC(N(C)CC(=O)O)CC1. The van der Waals surface area contributed by atoms with Gasteiger partial charge in [0.1, 0.15) is 0 Å². The van der Waals surface area contributed by atoms with Crippen LogP contribution in [0.4, 0.5) is 0 Å². The highest BCUT2D eigenvalue weighted by Crippen LogP contribution is 2.16. The number of aliphatic carboxylic acids is 1. The summed E-state index contributed by atoms with van der Waals surface area (Å²) in [5, 5.41) is 8.93. The summed E-state index contributed by atoms with van der Waals surface area (Å²) in [4.78, 5) is 29.4. The second-order valence-corrected chi connectivity index (χ2v) is 7.65. The Morgan fingerprint density at radius 3 is 2.42 bits per heavy atom. The summed E-state index contributed by atoms with van der Waals surface area (Å²) < 4.78 is 0. The quantitative estimate of drug-likeness (QED) is 0.729. The molecule has 2 atom stereocenters. The van der Waals surface area contributed by atoms with Gasteiger partial charge in [-0.2, -0.15) is 0 Å². The third-order valence-corrected chi connectivity index (χ3v) is 5.02. The van der Waals surface area contributed by atoms with Crippen molar-refractivity contribution in [3.63, 3.8) is 0 Å². The Labute approximate surface area is 146 Å². The van der Waals surface area contributed by atoms with Crippen molar-refractivity contribution in [1.29, 1.82) is 0 Å². The number of likely N-dealkylation sites (N-methyl/N-ethyl adjacent to an activating group) is 2. The molecule has 24 heavy (non-hydrogen) atoms. The Morgan fingerprint density at radius 2 is 1.83 bits per heavy atom. The van der Waals surface area contributed by atoms with Crippen molar-refractivity contribution in [2.45, 2.75) is 58.5 Å². The van der Waals surface area contributed by atoms with Crippen LogP contribution in [0.3, 0.4) is 0 Å². The van der Waals surface area contributed by atoms with Gasteiger partial charge in [-0.1, -0.05) is 13.8 Å². The summed E-state index contributed by atoms with van der Waals surface area (Å²) in [6, 6.07) is 0.553. The standard InChI is InChI=1S/C18H35N3O3/c1-14(2)11-15(3)20(5)17(22)12-21-9-6-7-16(8-10-21)19(4)13-18(23)24/h14-16H,6-13H2,1-5H3,(H,23,24). The third-order valence-electron chi connectivity index (χ3n) is 5.02. The molecular formula is C18H35N3O3. The van der Waals surface area contributed by atoms with Crippen molar-refractivity contribution in [2.24, 2.45) is 5.92 Å². The van der Waals surface area contributed by atoms with Crippen LogP contribution in [-0.2, 0) is 9.59 Å². The van der Waals surface area contributed by atoms with Gasteiger partial charge in [-0.15, -0.1) is 0 Å². The summed E-state index contributed by atoms with van der Waals surface area (Å²) in [7, 11) is 3.78. The predicted molar refractivity (Wildman–Crippen MR) is 96.0 cm³/mol. The maximum atomic E-state index is 12.5. The average Bonchev–Trinajstić information content (AvgIpc) is 2.70. The Morgan fingerprint density at radius 1 is 1.17 bits per heavy atom. The molecule has 0 aromatic rings. The van der Waals surface area contributed by atoms with E-state index in [2.05, 4.69) is 25.7 Å². The van der Waals surface area contributed by atoms with Crippen molar-refractivity contribution in [3.8, 4) is 0 Å². The van der Waals surface area contributed by atoms with Crippen LogP contribution in [0, 0.1) is 5.92 Å². The zero-order valence-electron chi connectivity index (χ0n) is 16.0. The molecule has 6 heteroatoms. The van der Waals surface area contributed by atoms with Crippen LogP contribution < -0.4 is 0 Å². The fourth-order valence-corrected chi connectivity index (χ4v) is 3.47. The van der Waals surface area contributed by atoms with Crippen LogP contribution >= 0.6 is 0 Å². The molecule has 140 valence electrons. The van der Waals surface area contributed by atoms with Gasteiger partial charge in [-0.25, -0.2) is 0 Å². The van der Waals surface area contributed by atoms with E-state index in [-0.39, 0.29) is 18.5 Å². The lowest BCUT2D eigenvalue weighted by Crippen LogP contribution is -2.43. The van der Waals surface area contributed by atoms with Gasteiger partial charge >= 0.3 is 5.97 Å². The number of hydrogen-bond acceptors (Lipinski definition) is 4. The number of carbonyl (C=O) groups is 2. The minimum Gasteiger partial charge on any atom is -0.480 e. The highest BCUT2D eigenvalue weighted by Gasteiger charge is 2.24. The van der Waals surface area contributed by atoms with E-state index in [1.165, 1.54) is 0 Å². The van der Waals surface area contributed by atoms with Gasteiger partial charge in [0, 0.05) is 25.7 Å². The van der Waals surface area contributed by atoms with E-state index in [9.17, 15) is 9.59 Å². The molecule has 6 nitrogen and oxygen atoms in total. The summed E-state index contributed by atoms with van der Waals surface area (Å²) >= 11 is 0. The first-order valence-electron chi connectivity index (χ1n) is 9.10. The Bertz CT molecular complexity index is 414. The van der Waals surface area contributed by atoms with Gasteiger partial charge in [0.05, 0.1) is 13.1 Å². The van der Waals surface area contributed by atoms with Crippen LogP contribution in [0.2, 0.25) is 0 Å². The second-order valence-electron chi connectivity index (χ2n) is 7.65. The highest BCUT2D eigenvalue weighted by atomic mass is 16.4. The molecule has 1 rings (SSSR count). The molecule has 1 heterocycles. The molecule has 0 aromatic heterocycles. The summed E-state index contributed by atoms with van der Waals surface area (Å²) in [5.74, 6) is -0.0194. The molecule has 1 amide bonds. The van der Waals surface area contributed by atoms with E-state index in [0.717, 1.165) is 38.8 Å². The van der Waals surface area contributed by atoms with Gasteiger partial charge < -0.3 is 10.0 Å². The van der Waals surface area contributed by atoms with Gasteiger partial charge in [-0.3, -0.25) is 19.4 Å². The molecule has 1 N–H and O–H groups in total. The van der Waals surface area contributed by atoms with Crippen LogP contribution in [-0.4, -0.2) is 84.0 Å². The number of nitrogens with zero attached hydrogens (tertiary/aromatic N) is 3. The van der Waals surface area contributed by atoms with E-state index in [0.29, 0.717) is 18.5 Å². The molecule has 0 spiro atoms. The summed E-state index contributed by atoms with van der Waals surface area (Å²) in [6.07, 6.45) is 3.94. The first-order chi connectivity index (χ1) is 11.2. The first kappa shape index (κ1) is 20.9. The fraction of sp³-hybridized carbons (Fsp3) is 0.889. The fourth-order valence-electron chi connectivity index (χ4n) is 3.47. The summed E-state index contributed by atoms with van der Waals surface area (Å²) in [6.45, 7) is 8.78. The minimum absolute atomic E-state index is 0.0824. The molecule has 1 aliphatic heterocycles.